The summed E-state index contributed by atoms with van der Waals surface area (Å²) in [6.45, 7) is 8.66. The second kappa shape index (κ2) is 39.5. The fraction of sp³-hybridized carbons (Fsp3) is 0.213. The van der Waals surface area contributed by atoms with Gasteiger partial charge in [0.05, 0.1) is 91.3 Å². The maximum atomic E-state index is 13.9. The number of halogens is 3. The van der Waals surface area contributed by atoms with E-state index in [-0.39, 0.29) is 41.6 Å². The zero-order chi connectivity index (χ0) is 93.3. The van der Waals surface area contributed by atoms with Crippen molar-refractivity contribution >= 4 is 137 Å². The number of aromatic amines is 4. The van der Waals surface area contributed by atoms with E-state index in [1.54, 1.807) is 155 Å². The van der Waals surface area contributed by atoms with Gasteiger partial charge in [0.25, 0.3) is 23.6 Å². The number of fused-ring (bicyclic) bond motifs is 5. The molecule has 35 nitrogen and oxygen atoms in total. The van der Waals surface area contributed by atoms with Crippen LogP contribution in [0.3, 0.4) is 0 Å². The average molecular weight is 1810 g/mol. The van der Waals surface area contributed by atoms with Gasteiger partial charge in [0.15, 0.2) is 0 Å². The van der Waals surface area contributed by atoms with Crippen LogP contribution in [0.25, 0.3) is 99.5 Å². The summed E-state index contributed by atoms with van der Waals surface area (Å²) in [5, 5.41) is 26.6. The Hall–Kier alpha value is -16.3. The summed E-state index contributed by atoms with van der Waals surface area (Å²) in [5.41, 5.74) is 17.8. The minimum absolute atomic E-state index is 0.0523. The number of benzene rings is 5. The monoisotopic (exact) mass is 1800 g/mol. The largest absolute Gasteiger partial charge is 0.495 e. The van der Waals surface area contributed by atoms with Crippen molar-refractivity contribution in [2.45, 2.75) is 46.6 Å². The van der Waals surface area contributed by atoms with Crippen LogP contribution >= 0.6 is 11.6 Å². The number of rotatable bonds is 22. The van der Waals surface area contributed by atoms with Crippen LogP contribution in [0, 0.1) is 39.6 Å². The first-order valence-corrected chi connectivity index (χ1v) is 41.7. The molecule has 1 fully saturated rings. The van der Waals surface area contributed by atoms with Crippen molar-refractivity contribution in [2.75, 3.05) is 105 Å². The smallest absolute Gasteiger partial charge is 0.253 e. The minimum Gasteiger partial charge on any atom is -0.495 e. The number of carbonyl (C=O) groups is 4. The van der Waals surface area contributed by atoms with Gasteiger partial charge in [-0.05, 0) is 164 Å². The maximum Gasteiger partial charge on any atom is 0.253 e. The minimum atomic E-state index is -0.569. The van der Waals surface area contributed by atoms with Gasteiger partial charge in [0, 0.05) is 184 Å². The highest BCUT2D eigenvalue weighted by Gasteiger charge is 2.27. The Morgan fingerprint density at radius 2 is 0.879 bits per heavy atom. The van der Waals surface area contributed by atoms with Crippen LogP contribution < -0.4 is 55.6 Å². The van der Waals surface area contributed by atoms with Crippen LogP contribution in [0.15, 0.2) is 171 Å². The predicted molar refractivity (Wildman–Crippen MR) is 501 cm³/mol. The zero-order valence-electron chi connectivity index (χ0n) is 74.5. The number of ether oxygens (including phenoxy) is 6. The number of aryl methyl sites for hydroxylation is 5. The normalized spacial score (nSPS) is 11.8. The number of nitrogens with one attached hydrogen (secondary N) is 10. The summed E-state index contributed by atoms with van der Waals surface area (Å²) >= 11 is 6.44. The Kier molecular flexibility index (Phi) is 27.1. The van der Waals surface area contributed by atoms with E-state index in [1.165, 1.54) is 43.3 Å². The number of H-pyrrole nitrogens is 4. The third-order valence-electron chi connectivity index (χ3n) is 21.5. The third-order valence-corrected chi connectivity index (χ3v) is 21.9. The first-order chi connectivity index (χ1) is 63.7. The molecule has 4 amide bonds. The quantitative estimate of drug-likeness (QED) is 0.0282. The van der Waals surface area contributed by atoms with E-state index in [1.807, 2.05) is 85.8 Å². The molecule has 12 aromatic heterocycles. The van der Waals surface area contributed by atoms with Crippen LogP contribution in [-0.4, -0.2) is 208 Å². The molecule has 0 bridgehead atoms. The molecule has 0 aliphatic carbocycles. The molecule has 674 valence electrons. The Bertz CT molecular complexity index is 7160. The highest BCUT2D eigenvalue weighted by Crippen LogP contribution is 2.42. The van der Waals surface area contributed by atoms with E-state index in [0.717, 1.165) is 84.8 Å². The topological polar surface area (TPSA) is 425 Å². The second-order valence-electron chi connectivity index (χ2n) is 30.7. The fourth-order valence-corrected chi connectivity index (χ4v) is 15.2. The van der Waals surface area contributed by atoms with Crippen molar-refractivity contribution in [3.05, 3.63) is 232 Å². The molecule has 1 aliphatic heterocycles. The number of pyridine rings is 3. The summed E-state index contributed by atoms with van der Waals surface area (Å²) in [6, 6.07) is 36.9. The SMILES string of the molecule is CNC(=O)c1ccc(-c2c[nH]c3nc(Nc4ccc(C(=O)NC)cc4Cl)nc(OC4CCOCC4)c23)cc1.COc1cc(C(=O)N(C)C)ccc1Nc1nc(OC)c2c(-c3cc(C)nc(F)c3)c[nH]c2n1.COc1nc(Nc2ccc(C(=O)N(C)C)cc2C)nc2[nH]cc(-c3cc(C)nc(F)c3)c12.COc1nc(Nc2ccc3c(cnn3C)c2C)nc2[nH]cc(-c3ccncc3)c12. The molecule has 0 atom stereocenters. The van der Waals surface area contributed by atoms with Crippen LogP contribution in [-0.2, 0) is 11.8 Å². The molecule has 0 unspecified atom stereocenters. The van der Waals surface area contributed by atoms with Crippen LogP contribution in [0.4, 0.5) is 55.3 Å². The maximum absolute atomic E-state index is 13.9. The molecule has 0 saturated carbocycles. The van der Waals surface area contributed by atoms with E-state index in [4.69, 9.17) is 45.0 Å². The molecule has 0 radical (unpaired) electrons. The lowest BCUT2D eigenvalue weighted by Gasteiger charge is -2.23. The molecule has 17 aromatic rings. The Morgan fingerprint density at radius 1 is 0.462 bits per heavy atom. The van der Waals surface area contributed by atoms with Crippen molar-refractivity contribution in [3.63, 3.8) is 0 Å². The van der Waals surface area contributed by atoms with Gasteiger partial charge in [0.1, 0.15) is 34.4 Å². The molecular formula is C94H92ClF2N25O10. The highest BCUT2D eigenvalue weighted by molar-refractivity contribution is 6.33. The van der Waals surface area contributed by atoms with E-state index >= 15 is 0 Å². The van der Waals surface area contributed by atoms with Crippen molar-refractivity contribution in [1.29, 1.82) is 0 Å². The van der Waals surface area contributed by atoms with Gasteiger partial charge in [-0.25, -0.2) is 9.97 Å². The Morgan fingerprint density at radius 3 is 1.35 bits per heavy atom. The third kappa shape index (κ3) is 19.7. The number of aromatic nitrogens is 17. The first kappa shape index (κ1) is 90.5. The number of anilines is 8. The molecule has 10 N–H and O–H groups in total. The van der Waals surface area contributed by atoms with E-state index < -0.39 is 11.9 Å². The predicted octanol–water partition coefficient (Wildman–Crippen LogP) is 16.4. The molecule has 38 heteroatoms. The number of carbonyl (C=O) groups excluding carboxylic acids is 4. The van der Waals surface area contributed by atoms with Gasteiger partial charge in [0.2, 0.25) is 59.2 Å². The molecule has 132 heavy (non-hydrogen) atoms. The van der Waals surface area contributed by atoms with Crippen molar-refractivity contribution in [3.8, 4) is 73.8 Å². The lowest BCUT2D eigenvalue weighted by Crippen LogP contribution is -2.26. The lowest BCUT2D eigenvalue weighted by atomic mass is 10.0. The number of amides is 4. The van der Waals surface area contributed by atoms with Gasteiger partial charge in [-0.2, -0.15) is 53.8 Å². The molecule has 1 saturated heterocycles. The molecule has 1 aliphatic rings. The highest BCUT2D eigenvalue weighted by atomic mass is 35.5. The molecule has 0 spiro atoms. The first-order valence-electron chi connectivity index (χ1n) is 41.4. The summed E-state index contributed by atoms with van der Waals surface area (Å²) in [6.07, 6.45) is 14.1. The van der Waals surface area contributed by atoms with Crippen molar-refractivity contribution in [1.82, 2.24) is 105 Å². The Balaban J connectivity index is 0.000000135. The van der Waals surface area contributed by atoms with Gasteiger partial charge in [-0.3, -0.25) is 28.8 Å². The van der Waals surface area contributed by atoms with Crippen molar-refractivity contribution in [2.24, 2.45) is 7.05 Å². The van der Waals surface area contributed by atoms with Crippen LogP contribution in [0.2, 0.25) is 5.02 Å². The zero-order valence-corrected chi connectivity index (χ0v) is 75.3. The van der Waals surface area contributed by atoms with Crippen LogP contribution in [0.1, 0.15) is 76.8 Å². The molecule has 13 heterocycles. The fourth-order valence-electron chi connectivity index (χ4n) is 14.9. The molecule has 18 rings (SSSR count). The number of methoxy groups -OCH3 is 4. The molecule has 5 aromatic carbocycles. The lowest BCUT2D eigenvalue weighted by molar-refractivity contribution is 0.0244. The standard InChI is InChI=1S/C27H27ClN6O4.C23H23FN6O3.C23H23FN6O2.C21H19N7O/c1-29-24(35)16-5-3-15(4-6-16)19-14-31-23-22(19)26(38-18-9-11-37-12-10-18)34-27(33-23)32-21-8-7-17(13-20(21)28)25(36)30-2;1-12-8-14(10-18(24)26-12)15-11-25-20-19(15)21(33-5)29-23(28-20)27-16-7-6-13(9-17(16)32-4)22(31)30(2)3;1-12-8-14(22(31)30(3)4)6-7-17(12)27-23-28-20-19(21(29-23)32-5)16(11-25-20)15-9-13(2)26-18(24)10-15;1-12-14-11-24-28(2)17(14)5-4-16(12)25-21-26-19-18(20(27-21)29-3)15(10-23-19)13-6-8-22-9-7-13/h3-8,13-14,18H,9-12H2,1-2H3,(H,29,35)(H,30,36)(H2,31,32,33,34);6-11H,1-5H3,(H2,25,27,28,29);6-11H,1-5H3,(H2,25,27,28,29);4-11H,1-3H3,(H2,23,25,26,27). The molecular weight excluding hydrogens is 1710 g/mol. The number of hydrogen-bond donors (Lipinski definition) is 10. The van der Waals surface area contributed by atoms with Crippen molar-refractivity contribution < 1.29 is 56.4 Å². The van der Waals surface area contributed by atoms with E-state index in [2.05, 4.69) is 114 Å². The van der Waals surface area contributed by atoms with Gasteiger partial charge < -0.3 is 90.1 Å². The van der Waals surface area contributed by atoms with Gasteiger partial charge in [-0.1, -0.05) is 23.7 Å². The summed E-state index contributed by atoms with van der Waals surface area (Å²) in [4.78, 5) is 112. The summed E-state index contributed by atoms with van der Waals surface area (Å²) in [5.74, 6) is 1.67. The Labute approximate surface area is 759 Å². The second-order valence-corrected chi connectivity index (χ2v) is 31.2. The van der Waals surface area contributed by atoms with Gasteiger partial charge in [-0.15, -0.1) is 0 Å². The summed E-state index contributed by atoms with van der Waals surface area (Å²) < 4.78 is 63.5. The number of nitrogens with zero attached hydrogens (tertiary/aromatic N) is 15. The van der Waals surface area contributed by atoms with E-state index in [0.29, 0.717) is 154 Å². The van der Waals surface area contributed by atoms with E-state index in [9.17, 15) is 28.0 Å². The number of hydrogen-bond acceptors (Lipinski definition) is 26. The van der Waals surface area contributed by atoms with Gasteiger partial charge >= 0.3 is 0 Å². The van der Waals surface area contributed by atoms with Crippen LogP contribution in [0.5, 0.6) is 29.3 Å². The average Bonchev–Trinajstić information content (AvgIpc) is 1.60. The summed E-state index contributed by atoms with van der Waals surface area (Å²) in [7, 11) is 18.0.